The molecule has 1 fully saturated rings. The van der Waals surface area contributed by atoms with Crippen molar-refractivity contribution in [3.63, 3.8) is 0 Å². The smallest absolute Gasteiger partial charge is 0.363 e. The summed E-state index contributed by atoms with van der Waals surface area (Å²) in [6, 6.07) is 9.51. The molecule has 1 aromatic carbocycles. The number of nitrogens with one attached hydrogen (secondary N) is 1. The van der Waals surface area contributed by atoms with Crippen molar-refractivity contribution < 1.29 is 19.1 Å². The van der Waals surface area contributed by atoms with Gasteiger partial charge in [-0.05, 0) is 30.9 Å². The molecule has 2 atom stereocenters. The summed E-state index contributed by atoms with van der Waals surface area (Å²) in [6.07, 6.45) is 6.00. The molecule has 1 aliphatic carbocycles. The number of esters is 1. The van der Waals surface area contributed by atoms with E-state index in [0.717, 1.165) is 24.9 Å². The fraction of sp³-hybridized carbons (Fsp3) is 0.450. The molecule has 0 spiro atoms. The second kappa shape index (κ2) is 8.70. The molecule has 1 saturated carbocycles. The van der Waals surface area contributed by atoms with Gasteiger partial charge in [0, 0.05) is 6.04 Å². The third kappa shape index (κ3) is 4.67. The summed E-state index contributed by atoms with van der Waals surface area (Å²) in [5.41, 5.74) is 0.832. The predicted molar refractivity (Wildman–Crippen MR) is 100.0 cm³/mol. The van der Waals surface area contributed by atoms with Crippen LogP contribution in [0, 0.1) is 5.92 Å². The van der Waals surface area contributed by atoms with Crippen molar-refractivity contribution in [3.8, 4) is 11.4 Å². The molecule has 3 rings (SSSR count). The molecule has 1 heterocycles. The number of hydrogen-bond acceptors (Lipinski definition) is 5. The average Bonchev–Trinajstić information content (AvgIpc) is 3.13. The summed E-state index contributed by atoms with van der Waals surface area (Å²) in [5.74, 6) is -0.234. The van der Waals surface area contributed by atoms with Crippen molar-refractivity contribution in [1.29, 1.82) is 0 Å². The lowest BCUT2D eigenvalue weighted by atomic mass is 9.86. The number of benzene rings is 1. The van der Waals surface area contributed by atoms with Crippen LogP contribution in [0.4, 0.5) is 0 Å². The number of rotatable bonds is 6. The van der Waals surface area contributed by atoms with Crippen molar-refractivity contribution >= 4 is 11.9 Å². The van der Waals surface area contributed by atoms with E-state index in [2.05, 4.69) is 17.3 Å². The number of amides is 1. The van der Waals surface area contributed by atoms with Gasteiger partial charge in [-0.3, -0.25) is 4.79 Å². The zero-order valence-corrected chi connectivity index (χ0v) is 15.7. The Kier molecular flexibility index (Phi) is 6.11. The summed E-state index contributed by atoms with van der Waals surface area (Å²) >= 11 is 0. The maximum atomic E-state index is 12.4. The van der Waals surface area contributed by atoms with Crippen LogP contribution in [0.1, 0.15) is 43.1 Å². The minimum atomic E-state index is -0.687. The van der Waals surface area contributed by atoms with Crippen LogP contribution < -0.4 is 10.1 Å². The topological polar surface area (TPSA) is 82.5 Å². The number of aromatic nitrogens is 2. The van der Waals surface area contributed by atoms with E-state index >= 15 is 0 Å². The monoisotopic (exact) mass is 371 g/mol. The standard InChI is InChI=1S/C20H25N3O4/c1-14-8-6-7-11-16(14)21-18(24)13-27-20(25)19-17(26-2)12-23(22-19)15-9-4-3-5-10-15/h3-5,9-10,12,14,16H,6-8,11,13H2,1-2H3,(H,21,24)/t14-,16-/m1/s1. The summed E-state index contributed by atoms with van der Waals surface area (Å²) in [5, 5.41) is 7.20. The van der Waals surface area contributed by atoms with Gasteiger partial charge in [0.15, 0.2) is 12.4 Å². The number of carbonyl (C=O) groups is 2. The van der Waals surface area contributed by atoms with Crippen LogP contribution in [0.25, 0.3) is 5.69 Å². The number of methoxy groups -OCH3 is 1. The number of hydrogen-bond donors (Lipinski definition) is 1. The van der Waals surface area contributed by atoms with Crippen LogP contribution >= 0.6 is 0 Å². The first-order chi connectivity index (χ1) is 13.1. The van der Waals surface area contributed by atoms with E-state index in [1.165, 1.54) is 13.5 Å². The molecular formula is C20H25N3O4. The molecule has 0 unspecified atom stereocenters. The molecule has 1 aromatic heterocycles. The van der Waals surface area contributed by atoms with Gasteiger partial charge in [0.25, 0.3) is 5.91 Å². The van der Waals surface area contributed by atoms with Crippen molar-refractivity contribution in [3.05, 3.63) is 42.2 Å². The summed E-state index contributed by atoms with van der Waals surface area (Å²) in [4.78, 5) is 24.5. The van der Waals surface area contributed by atoms with Gasteiger partial charge in [-0.25, -0.2) is 9.48 Å². The zero-order valence-electron chi connectivity index (χ0n) is 15.7. The van der Waals surface area contributed by atoms with Crippen molar-refractivity contribution in [1.82, 2.24) is 15.1 Å². The van der Waals surface area contributed by atoms with Gasteiger partial charge < -0.3 is 14.8 Å². The molecule has 1 N–H and O–H groups in total. The fourth-order valence-corrected chi connectivity index (χ4v) is 3.34. The Morgan fingerprint density at radius 3 is 2.67 bits per heavy atom. The van der Waals surface area contributed by atoms with E-state index in [9.17, 15) is 9.59 Å². The van der Waals surface area contributed by atoms with Crippen molar-refractivity contribution in [2.45, 2.75) is 38.6 Å². The van der Waals surface area contributed by atoms with E-state index in [-0.39, 0.29) is 24.2 Å². The lowest BCUT2D eigenvalue weighted by molar-refractivity contribution is -0.125. The average molecular weight is 371 g/mol. The fourth-order valence-electron chi connectivity index (χ4n) is 3.34. The highest BCUT2D eigenvalue weighted by molar-refractivity contribution is 5.92. The van der Waals surface area contributed by atoms with Crippen LogP contribution in [-0.4, -0.2) is 41.4 Å². The van der Waals surface area contributed by atoms with Crippen LogP contribution in [0.5, 0.6) is 5.75 Å². The Balaban J connectivity index is 1.60. The molecule has 0 saturated heterocycles. The lowest BCUT2D eigenvalue weighted by Gasteiger charge is -2.29. The van der Waals surface area contributed by atoms with Crippen molar-refractivity contribution in [2.24, 2.45) is 5.92 Å². The molecule has 0 bridgehead atoms. The van der Waals surface area contributed by atoms with Gasteiger partial charge in [-0.1, -0.05) is 38.0 Å². The first kappa shape index (κ1) is 18.9. The Morgan fingerprint density at radius 1 is 1.22 bits per heavy atom. The van der Waals surface area contributed by atoms with E-state index in [1.54, 1.807) is 10.9 Å². The van der Waals surface area contributed by atoms with E-state index in [1.807, 2.05) is 30.3 Å². The van der Waals surface area contributed by atoms with E-state index in [4.69, 9.17) is 9.47 Å². The highest BCUT2D eigenvalue weighted by Gasteiger charge is 2.24. The first-order valence-electron chi connectivity index (χ1n) is 9.24. The zero-order chi connectivity index (χ0) is 19.2. The highest BCUT2D eigenvalue weighted by atomic mass is 16.5. The number of para-hydroxylation sites is 1. The first-order valence-corrected chi connectivity index (χ1v) is 9.24. The molecule has 27 heavy (non-hydrogen) atoms. The van der Waals surface area contributed by atoms with Gasteiger partial charge in [0.2, 0.25) is 5.69 Å². The second-order valence-electron chi connectivity index (χ2n) is 6.84. The Bertz CT molecular complexity index is 788. The maximum Gasteiger partial charge on any atom is 0.363 e. The SMILES string of the molecule is COc1cn(-c2ccccc2)nc1C(=O)OCC(=O)N[C@@H]1CCCC[C@H]1C. The molecule has 144 valence electrons. The normalized spacial score (nSPS) is 19.3. The van der Waals surface area contributed by atoms with Crippen LogP contribution in [-0.2, 0) is 9.53 Å². The molecule has 1 amide bonds. The van der Waals surface area contributed by atoms with Gasteiger partial charge in [0.1, 0.15) is 0 Å². The molecular weight excluding hydrogens is 346 g/mol. The highest BCUT2D eigenvalue weighted by Crippen LogP contribution is 2.24. The maximum absolute atomic E-state index is 12.4. The molecule has 1 aliphatic rings. The van der Waals surface area contributed by atoms with Crippen LogP contribution in [0.15, 0.2) is 36.5 Å². The minimum Gasteiger partial charge on any atom is -0.493 e. The molecule has 0 radical (unpaired) electrons. The van der Waals surface area contributed by atoms with Gasteiger partial charge in [0.05, 0.1) is 19.0 Å². The van der Waals surface area contributed by atoms with E-state index in [0.29, 0.717) is 11.7 Å². The lowest BCUT2D eigenvalue weighted by Crippen LogP contribution is -2.42. The van der Waals surface area contributed by atoms with Crippen LogP contribution in [0.3, 0.4) is 0 Å². The van der Waals surface area contributed by atoms with Crippen LogP contribution in [0.2, 0.25) is 0 Å². The Morgan fingerprint density at radius 2 is 1.96 bits per heavy atom. The quantitative estimate of drug-likeness (QED) is 0.790. The Labute approximate surface area is 158 Å². The predicted octanol–water partition coefficient (Wildman–Crippen LogP) is 2.73. The number of ether oxygens (including phenoxy) is 2. The largest absolute Gasteiger partial charge is 0.493 e. The van der Waals surface area contributed by atoms with Crippen molar-refractivity contribution in [2.75, 3.05) is 13.7 Å². The number of carbonyl (C=O) groups excluding carboxylic acids is 2. The third-order valence-corrected chi connectivity index (χ3v) is 4.91. The Hall–Kier alpha value is -2.83. The van der Waals surface area contributed by atoms with Gasteiger partial charge in [-0.2, -0.15) is 5.10 Å². The summed E-state index contributed by atoms with van der Waals surface area (Å²) in [7, 11) is 1.46. The van der Waals surface area contributed by atoms with Gasteiger partial charge >= 0.3 is 5.97 Å². The second-order valence-corrected chi connectivity index (χ2v) is 6.84. The molecule has 7 heteroatoms. The molecule has 2 aromatic rings. The van der Waals surface area contributed by atoms with Gasteiger partial charge in [-0.15, -0.1) is 0 Å². The molecule has 7 nitrogen and oxygen atoms in total. The number of nitrogens with zero attached hydrogens (tertiary/aromatic N) is 2. The summed E-state index contributed by atoms with van der Waals surface area (Å²) in [6.45, 7) is 1.81. The minimum absolute atomic E-state index is 0.0418. The summed E-state index contributed by atoms with van der Waals surface area (Å²) < 4.78 is 11.9. The molecule has 0 aliphatic heterocycles. The third-order valence-electron chi connectivity index (χ3n) is 4.91. The van der Waals surface area contributed by atoms with E-state index < -0.39 is 5.97 Å².